The second-order valence-corrected chi connectivity index (χ2v) is 20.8. The van der Waals surface area contributed by atoms with Crippen molar-refractivity contribution in [3.63, 3.8) is 0 Å². The number of rotatable bonds is 7. The van der Waals surface area contributed by atoms with Crippen molar-refractivity contribution in [2.45, 2.75) is 72.9 Å². The van der Waals surface area contributed by atoms with Gasteiger partial charge in [-0.25, -0.2) is 0 Å². The molecule has 0 aliphatic rings. The predicted octanol–water partition coefficient (Wildman–Crippen LogP) is 13.7. The van der Waals surface area contributed by atoms with E-state index in [0.717, 1.165) is 55.4 Å². The van der Waals surface area contributed by atoms with Gasteiger partial charge < -0.3 is 14.4 Å². The van der Waals surface area contributed by atoms with Gasteiger partial charge in [-0.3, -0.25) is 0 Å². The third-order valence-electron chi connectivity index (χ3n) is 10.1. The molecule has 0 unspecified atom stereocenters. The fourth-order valence-corrected chi connectivity index (χ4v) is 8.73. The Morgan fingerprint density at radius 3 is 2.04 bits per heavy atom. The standard InChI is InChI=1S/C27H22NO.C24H28NSi.Ir/c1-17(2)24-15-25(28-16-18(24)3)23-11-7-10-22-21-13-12-20(14-26(21)29-27(22)23)19-8-5-4-6-9-19;1-17(2)21-15-23(25-16-24(21)26(4,5)6)20-13-12-18(3)22(14-20)19-10-8-7-9-11-19;/h4-10,12-17H,1-3H3;7-12,14-17H,1-6H3;/q2*-1;/i;3D3,17D;. The number of benzene rings is 5. The predicted molar refractivity (Wildman–Crippen MR) is 236 cm³/mol. The van der Waals surface area contributed by atoms with E-state index in [1.165, 1.54) is 21.9 Å². The molecule has 8 aromatic rings. The van der Waals surface area contributed by atoms with Gasteiger partial charge >= 0.3 is 0 Å². The van der Waals surface area contributed by atoms with Crippen LogP contribution >= 0.6 is 0 Å². The fraction of sp³-hybridized carbons (Fsp3) is 0.216. The van der Waals surface area contributed by atoms with E-state index < -0.39 is 20.8 Å². The Labute approximate surface area is 353 Å². The summed E-state index contributed by atoms with van der Waals surface area (Å²) in [5.74, 6) is -0.311. The van der Waals surface area contributed by atoms with E-state index in [0.29, 0.717) is 17.2 Å². The molecule has 0 N–H and O–H groups in total. The molecular weight excluding hydrogens is 877 g/mol. The van der Waals surface area contributed by atoms with Gasteiger partial charge in [-0.05, 0) is 69.2 Å². The third-order valence-corrected chi connectivity index (χ3v) is 12.1. The molecule has 0 aliphatic carbocycles. The number of furan rings is 1. The van der Waals surface area contributed by atoms with Crippen molar-refractivity contribution in [3.05, 3.63) is 162 Å². The molecule has 0 aliphatic heterocycles. The van der Waals surface area contributed by atoms with Crippen LogP contribution in [0.1, 0.15) is 67.2 Å². The Bertz CT molecular complexity index is 2770. The van der Waals surface area contributed by atoms with E-state index >= 15 is 0 Å². The maximum Gasteiger partial charge on any atom is 0.121 e. The quantitative estimate of drug-likeness (QED) is 0.118. The Morgan fingerprint density at radius 2 is 1.38 bits per heavy atom. The minimum absolute atomic E-state index is 0. The first-order chi connectivity index (χ1) is 27.9. The normalized spacial score (nSPS) is 12.9. The van der Waals surface area contributed by atoms with Crippen LogP contribution in [0.5, 0.6) is 0 Å². The summed E-state index contributed by atoms with van der Waals surface area (Å²) in [7, 11) is -1.68. The van der Waals surface area contributed by atoms with E-state index in [-0.39, 0.29) is 25.7 Å². The van der Waals surface area contributed by atoms with Gasteiger partial charge in [0.15, 0.2) is 0 Å². The Hall–Kier alpha value is -4.93. The van der Waals surface area contributed by atoms with Crippen LogP contribution in [0.2, 0.25) is 19.6 Å². The minimum atomic E-state index is -2.23. The molecule has 8 rings (SSSR count). The molecule has 0 saturated heterocycles. The number of hydrogen-bond acceptors (Lipinski definition) is 3. The Balaban J connectivity index is 0.000000198. The van der Waals surface area contributed by atoms with Crippen molar-refractivity contribution in [3.8, 4) is 44.8 Å². The maximum absolute atomic E-state index is 8.66. The average Bonchev–Trinajstić information content (AvgIpc) is 3.59. The van der Waals surface area contributed by atoms with Gasteiger partial charge in [0, 0.05) is 43.4 Å². The van der Waals surface area contributed by atoms with E-state index in [9.17, 15) is 0 Å². The maximum atomic E-state index is 8.66. The number of pyridine rings is 2. The van der Waals surface area contributed by atoms with Gasteiger partial charge in [-0.2, -0.15) is 0 Å². The zero-order valence-electron chi connectivity index (χ0n) is 37.3. The topological polar surface area (TPSA) is 38.9 Å². The summed E-state index contributed by atoms with van der Waals surface area (Å²) in [4.78, 5) is 9.38. The molecule has 5 heteroatoms. The summed E-state index contributed by atoms with van der Waals surface area (Å²) < 4.78 is 38.8. The summed E-state index contributed by atoms with van der Waals surface area (Å²) in [5.41, 5.74) is 12.6. The Kier molecular flexibility index (Phi) is 10.8. The molecule has 3 nitrogen and oxygen atoms in total. The van der Waals surface area contributed by atoms with Crippen LogP contribution in [0.3, 0.4) is 0 Å². The Morgan fingerprint density at radius 1 is 0.696 bits per heavy atom. The van der Waals surface area contributed by atoms with Crippen molar-refractivity contribution in [2.24, 2.45) is 0 Å². The largest absolute Gasteiger partial charge is 0.501 e. The molecule has 1 radical (unpaired) electrons. The van der Waals surface area contributed by atoms with E-state index in [1.807, 2.05) is 80.8 Å². The molecule has 3 heterocycles. The molecule has 0 saturated carbocycles. The molecule has 3 aromatic heterocycles. The van der Waals surface area contributed by atoms with E-state index in [4.69, 9.17) is 14.9 Å². The van der Waals surface area contributed by atoms with Crippen LogP contribution in [0.4, 0.5) is 0 Å². The average molecular weight is 931 g/mol. The van der Waals surface area contributed by atoms with Gasteiger partial charge in [0.2, 0.25) is 0 Å². The van der Waals surface area contributed by atoms with Crippen LogP contribution in [0, 0.1) is 25.9 Å². The molecule has 0 amide bonds. The van der Waals surface area contributed by atoms with Crippen molar-refractivity contribution in [1.29, 1.82) is 0 Å². The molecule has 0 spiro atoms. The molecule has 0 bridgehead atoms. The summed E-state index contributed by atoms with van der Waals surface area (Å²) in [6.07, 6.45) is 3.86. The zero-order valence-corrected chi connectivity index (χ0v) is 36.7. The van der Waals surface area contributed by atoms with Crippen molar-refractivity contribution >= 4 is 35.2 Å². The smallest absolute Gasteiger partial charge is 0.121 e. The molecular formula is C51H50IrN2OSi-2. The van der Waals surface area contributed by atoms with E-state index in [2.05, 4.69) is 112 Å². The molecule has 0 fully saturated rings. The van der Waals surface area contributed by atoms with Crippen LogP contribution in [-0.4, -0.2) is 18.0 Å². The molecule has 5 aromatic carbocycles. The second-order valence-electron chi connectivity index (χ2n) is 15.8. The number of aromatic nitrogens is 2. The number of aryl methyl sites for hydroxylation is 2. The number of fused-ring (bicyclic) bond motifs is 3. The van der Waals surface area contributed by atoms with Gasteiger partial charge in [0.1, 0.15) is 5.58 Å². The monoisotopic (exact) mass is 931 g/mol. The van der Waals surface area contributed by atoms with Crippen molar-refractivity contribution in [1.82, 2.24) is 9.97 Å². The summed E-state index contributed by atoms with van der Waals surface area (Å²) in [5, 5.41) is 3.39. The minimum Gasteiger partial charge on any atom is -0.501 e. The fourth-order valence-electron chi connectivity index (χ4n) is 7.15. The first-order valence-electron chi connectivity index (χ1n) is 20.9. The van der Waals surface area contributed by atoms with Gasteiger partial charge in [-0.15, -0.1) is 47.5 Å². The third kappa shape index (κ3) is 8.56. The van der Waals surface area contributed by atoms with Gasteiger partial charge in [0.05, 0.1) is 13.7 Å². The number of hydrogen-bond donors (Lipinski definition) is 0. The summed E-state index contributed by atoms with van der Waals surface area (Å²) in [6.45, 7) is 14.9. The zero-order chi connectivity index (χ0) is 42.3. The molecule has 0 atom stereocenters. The van der Waals surface area contributed by atoms with Crippen molar-refractivity contribution < 1.29 is 30.0 Å². The number of nitrogens with zero attached hydrogens (tertiary/aromatic N) is 2. The first kappa shape index (κ1) is 35.5. The summed E-state index contributed by atoms with van der Waals surface area (Å²) in [6, 6.07) is 44.5. The summed E-state index contributed by atoms with van der Waals surface area (Å²) >= 11 is 0. The van der Waals surface area contributed by atoms with Gasteiger partial charge in [-0.1, -0.05) is 161 Å². The SMILES string of the molecule is Cc1cnc(-c2[c-]ccc3c2oc2cc(-c4ccccc4)ccc23)cc1C(C)C.[2H]C([2H])([2H])c1c[c-]c(-c2cc(C([2H])(C)C)c([Si](C)(C)C)cn2)cc1-c1ccccc1.[Ir]. The van der Waals surface area contributed by atoms with Crippen LogP contribution in [-0.2, 0) is 20.1 Å². The van der Waals surface area contributed by atoms with E-state index in [1.54, 1.807) is 6.07 Å². The van der Waals surface area contributed by atoms with Crippen LogP contribution < -0.4 is 5.19 Å². The first-order valence-corrected chi connectivity index (χ1v) is 22.4. The van der Waals surface area contributed by atoms with Crippen LogP contribution in [0.15, 0.2) is 132 Å². The molecule has 285 valence electrons. The van der Waals surface area contributed by atoms with Crippen molar-refractivity contribution in [2.75, 3.05) is 0 Å². The second kappa shape index (κ2) is 17.1. The molecule has 56 heavy (non-hydrogen) atoms. The van der Waals surface area contributed by atoms with Crippen LogP contribution in [0.25, 0.3) is 66.7 Å². The van der Waals surface area contributed by atoms with Gasteiger partial charge in [0.25, 0.3) is 0 Å².